The van der Waals surface area contributed by atoms with Gasteiger partial charge in [-0.15, -0.1) is 0 Å². The molecule has 2 unspecified atom stereocenters. The fourth-order valence-corrected chi connectivity index (χ4v) is 3.28. The van der Waals surface area contributed by atoms with Crippen LogP contribution in [0.1, 0.15) is 61.1 Å². The first kappa shape index (κ1) is 23.1. The largest absolute Gasteiger partial charge is 0.481 e. The Morgan fingerprint density at radius 2 is 1.47 bits per heavy atom. The highest BCUT2D eigenvalue weighted by molar-refractivity contribution is 5.98. The van der Waals surface area contributed by atoms with E-state index in [1.807, 2.05) is 61.5 Å². The molecule has 2 N–H and O–H groups in total. The molecule has 3 aromatic carbocycles. The average Bonchev–Trinajstić information content (AvgIpc) is 2.80. The van der Waals surface area contributed by atoms with E-state index in [1.54, 1.807) is 31.2 Å². The molecule has 0 aliphatic carbocycles. The van der Waals surface area contributed by atoms with Crippen LogP contribution in [0.2, 0.25) is 0 Å². The molecule has 166 valence electrons. The SMILES string of the molecule is CC(Oc1ccc(C(C)C)cc1)C(=O)Nc1cccc(C(=O)NC(C)c2ccccc2)c1. The lowest BCUT2D eigenvalue weighted by Gasteiger charge is -2.17. The van der Waals surface area contributed by atoms with E-state index in [1.165, 1.54) is 5.56 Å². The number of nitrogens with one attached hydrogen (secondary N) is 2. The summed E-state index contributed by atoms with van der Waals surface area (Å²) in [5, 5.41) is 5.81. The summed E-state index contributed by atoms with van der Waals surface area (Å²) >= 11 is 0. The van der Waals surface area contributed by atoms with Gasteiger partial charge in [-0.3, -0.25) is 9.59 Å². The molecule has 0 fully saturated rings. The van der Waals surface area contributed by atoms with Gasteiger partial charge in [-0.25, -0.2) is 0 Å². The molecular formula is C27H30N2O3. The highest BCUT2D eigenvalue weighted by Crippen LogP contribution is 2.20. The van der Waals surface area contributed by atoms with Gasteiger partial charge in [0.15, 0.2) is 6.10 Å². The van der Waals surface area contributed by atoms with E-state index in [-0.39, 0.29) is 17.9 Å². The molecule has 3 rings (SSSR count). The molecule has 0 saturated carbocycles. The smallest absolute Gasteiger partial charge is 0.265 e. The van der Waals surface area contributed by atoms with E-state index in [9.17, 15) is 9.59 Å². The Morgan fingerprint density at radius 3 is 2.12 bits per heavy atom. The van der Waals surface area contributed by atoms with Crippen LogP contribution in [-0.2, 0) is 4.79 Å². The molecular weight excluding hydrogens is 400 g/mol. The van der Waals surface area contributed by atoms with Crippen LogP contribution in [0.15, 0.2) is 78.9 Å². The molecule has 0 aliphatic heterocycles. The predicted molar refractivity (Wildman–Crippen MR) is 128 cm³/mol. The van der Waals surface area contributed by atoms with E-state index >= 15 is 0 Å². The normalized spacial score (nSPS) is 12.7. The minimum absolute atomic E-state index is 0.127. The Bertz CT molecular complexity index is 1050. The lowest BCUT2D eigenvalue weighted by atomic mass is 10.0. The van der Waals surface area contributed by atoms with Crippen molar-refractivity contribution in [2.45, 2.75) is 45.8 Å². The lowest BCUT2D eigenvalue weighted by molar-refractivity contribution is -0.122. The molecule has 2 atom stereocenters. The van der Waals surface area contributed by atoms with Gasteiger partial charge in [-0.1, -0.05) is 62.4 Å². The highest BCUT2D eigenvalue weighted by atomic mass is 16.5. The van der Waals surface area contributed by atoms with Crippen LogP contribution in [0.5, 0.6) is 5.75 Å². The molecule has 0 aliphatic rings. The number of amides is 2. The summed E-state index contributed by atoms with van der Waals surface area (Å²) in [7, 11) is 0. The van der Waals surface area contributed by atoms with Gasteiger partial charge in [0.05, 0.1) is 6.04 Å². The number of hydrogen-bond acceptors (Lipinski definition) is 3. The van der Waals surface area contributed by atoms with Gasteiger partial charge in [-0.2, -0.15) is 0 Å². The van der Waals surface area contributed by atoms with Crippen molar-refractivity contribution >= 4 is 17.5 Å². The van der Waals surface area contributed by atoms with E-state index in [4.69, 9.17) is 4.74 Å². The van der Waals surface area contributed by atoms with Crippen LogP contribution in [-0.4, -0.2) is 17.9 Å². The first-order valence-electron chi connectivity index (χ1n) is 10.9. The molecule has 5 nitrogen and oxygen atoms in total. The third-order valence-corrected chi connectivity index (χ3v) is 5.27. The van der Waals surface area contributed by atoms with Crippen molar-refractivity contribution in [1.82, 2.24) is 5.32 Å². The minimum Gasteiger partial charge on any atom is -0.481 e. The number of hydrogen-bond donors (Lipinski definition) is 2. The molecule has 0 spiro atoms. The molecule has 0 aromatic heterocycles. The first-order valence-corrected chi connectivity index (χ1v) is 10.9. The van der Waals surface area contributed by atoms with Crippen molar-refractivity contribution < 1.29 is 14.3 Å². The number of ether oxygens (including phenoxy) is 1. The summed E-state index contributed by atoms with van der Waals surface area (Å²) in [6, 6.07) is 24.3. The molecule has 2 amide bonds. The van der Waals surface area contributed by atoms with E-state index in [0.717, 1.165) is 5.56 Å². The molecule has 0 saturated heterocycles. The third kappa shape index (κ3) is 6.20. The number of rotatable bonds is 8. The summed E-state index contributed by atoms with van der Waals surface area (Å²) in [5.41, 5.74) is 3.26. The zero-order chi connectivity index (χ0) is 23.1. The zero-order valence-corrected chi connectivity index (χ0v) is 19.0. The summed E-state index contributed by atoms with van der Waals surface area (Å²) in [5.74, 6) is 0.588. The van der Waals surface area contributed by atoms with Crippen LogP contribution in [0, 0.1) is 0 Å². The summed E-state index contributed by atoms with van der Waals surface area (Å²) in [6.45, 7) is 7.89. The number of carbonyl (C=O) groups excluding carboxylic acids is 2. The maximum atomic E-state index is 12.7. The van der Waals surface area contributed by atoms with Gasteiger partial charge in [-0.05, 0) is 61.2 Å². The third-order valence-electron chi connectivity index (χ3n) is 5.27. The second-order valence-corrected chi connectivity index (χ2v) is 8.16. The molecule has 5 heteroatoms. The van der Waals surface area contributed by atoms with Crippen LogP contribution in [0.4, 0.5) is 5.69 Å². The van der Waals surface area contributed by atoms with E-state index in [0.29, 0.717) is 22.9 Å². The van der Waals surface area contributed by atoms with E-state index in [2.05, 4.69) is 24.5 Å². The maximum absolute atomic E-state index is 12.7. The molecule has 0 radical (unpaired) electrons. The topological polar surface area (TPSA) is 67.4 Å². The van der Waals surface area contributed by atoms with Crippen molar-refractivity contribution in [1.29, 1.82) is 0 Å². The zero-order valence-electron chi connectivity index (χ0n) is 19.0. The standard InChI is InChI=1S/C27H30N2O3/c1-18(2)21-13-15-25(16-14-21)32-20(4)26(30)29-24-12-8-11-23(17-24)27(31)28-19(3)22-9-6-5-7-10-22/h5-20H,1-4H3,(H,28,31)(H,29,30). The summed E-state index contributed by atoms with van der Waals surface area (Å²) < 4.78 is 5.77. The van der Waals surface area contributed by atoms with Crippen LogP contribution < -0.4 is 15.4 Å². The highest BCUT2D eigenvalue weighted by Gasteiger charge is 2.17. The van der Waals surface area contributed by atoms with Crippen LogP contribution in [0.25, 0.3) is 0 Å². The van der Waals surface area contributed by atoms with Gasteiger partial charge in [0.2, 0.25) is 0 Å². The molecule has 0 bridgehead atoms. The first-order chi connectivity index (χ1) is 15.3. The van der Waals surface area contributed by atoms with Crippen LogP contribution >= 0.6 is 0 Å². The monoisotopic (exact) mass is 430 g/mol. The minimum atomic E-state index is -0.685. The van der Waals surface area contributed by atoms with Gasteiger partial charge >= 0.3 is 0 Å². The van der Waals surface area contributed by atoms with Crippen molar-refractivity contribution in [3.63, 3.8) is 0 Å². The number of benzene rings is 3. The Balaban J connectivity index is 1.59. The van der Waals surface area contributed by atoms with Crippen molar-refractivity contribution in [2.75, 3.05) is 5.32 Å². The van der Waals surface area contributed by atoms with Gasteiger partial charge in [0, 0.05) is 11.3 Å². The second-order valence-electron chi connectivity index (χ2n) is 8.16. The van der Waals surface area contributed by atoms with Gasteiger partial charge in [0.1, 0.15) is 5.75 Å². The van der Waals surface area contributed by atoms with E-state index < -0.39 is 6.10 Å². The Labute approximate surface area is 189 Å². The number of carbonyl (C=O) groups is 2. The van der Waals surface area contributed by atoms with Crippen molar-refractivity contribution in [3.8, 4) is 5.75 Å². The summed E-state index contributed by atoms with van der Waals surface area (Å²) in [4.78, 5) is 25.3. The quantitative estimate of drug-likeness (QED) is 0.481. The molecule has 3 aromatic rings. The van der Waals surface area contributed by atoms with Crippen LogP contribution in [0.3, 0.4) is 0 Å². The lowest BCUT2D eigenvalue weighted by Crippen LogP contribution is -2.30. The van der Waals surface area contributed by atoms with Crippen molar-refractivity contribution in [2.24, 2.45) is 0 Å². The van der Waals surface area contributed by atoms with Gasteiger partial charge in [0.25, 0.3) is 11.8 Å². The fourth-order valence-electron chi connectivity index (χ4n) is 3.28. The second kappa shape index (κ2) is 10.6. The fraction of sp³-hybridized carbons (Fsp3) is 0.259. The Morgan fingerprint density at radius 1 is 0.781 bits per heavy atom. The number of anilines is 1. The Kier molecular flexibility index (Phi) is 7.66. The average molecular weight is 431 g/mol. The summed E-state index contributed by atoms with van der Waals surface area (Å²) in [6.07, 6.45) is -0.685. The predicted octanol–water partition coefficient (Wildman–Crippen LogP) is 5.71. The maximum Gasteiger partial charge on any atom is 0.265 e. The van der Waals surface area contributed by atoms with Gasteiger partial charge < -0.3 is 15.4 Å². The van der Waals surface area contributed by atoms with Crippen molar-refractivity contribution in [3.05, 3.63) is 95.6 Å². The molecule has 0 heterocycles. The molecule has 32 heavy (non-hydrogen) atoms. The Hall–Kier alpha value is -3.60.